The Labute approximate surface area is 236 Å². The number of ether oxygens (including phenoxy) is 2. The summed E-state index contributed by atoms with van der Waals surface area (Å²) < 4.78 is 11.2. The highest BCUT2D eigenvalue weighted by atomic mass is 16.5. The Morgan fingerprint density at radius 2 is 1.33 bits per heavy atom. The van der Waals surface area contributed by atoms with E-state index in [0.29, 0.717) is 31.9 Å². The Kier molecular flexibility index (Phi) is 17.0. The highest BCUT2D eigenvalue weighted by Crippen LogP contribution is 2.19. The molecule has 0 saturated carbocycles. The third-order valence-electron chi connectivity index (χ3n) is 7.33. The van der Waals surface area contributed by atoms with Gasteiger partial charge in [-0.2, -0.15) is 0 Å². The zero-order valence-corrected chi connectivity index (χ0v) is 24.5. The first-order valence-corrected chi connectivity index (χ1v) is 15.5. The fourth-order valence-electron chi connectivity index (χ4n) is 4.91. The monoisotopic (exact) mass is 544 g/mol. The van der Waals surface area contributed by atoms with E-state index in [2.05, 4.69) is 19.2 Å². The first kappa shape index (κ1) is 32.6. The lowest BCUT2D eigenvalue weighted by atomic mass is 10.1. The van der Waals surface area contributed by atoms with Crippen molar-refractivity contribution in [2.24, 2.45) is 0 Å². The SMILES string of the molecule is CCCCCCCCCCCCOC(=O)CC1C(=O)NCCN1C(=O)c1ccc(OCCCCCCC)cc1. The first-order valence-electron chi connectivity index (χ1n) is 15.5. The molecule has 0 bridgehead atoms. The molecule has 0 aliphatic carbocycles. The zero-order chi connectivity index (χ0) is 28.1. The van der Waals surface area contributed by atoms with Gasteiger partial charge in [-0.05, 0) is 37.1 Å². The number of piperazine rings is 1. The second kappa shape index (κ2) is 20.3. The molecule has 7 nitrogen and oxygen atoms in total. The molecule has 1 saturated heterocycles. The highest BCUT2D eigenvalue weighted by Gasteiger charge is 2.35. The van der Waals surface area contributed by atoms with Gasteiger partial charge in [0.1, 0.15) is 11.8 Å². The van der Waals surface area contributed by atoms with Gasteiger partial charge in [0.2, 0.25) is 5.91 Å². The summed E-state index contributed by atoms with van der Waals surface area (Å²) in [6, 6.07) is 6.17. The van der Waals surface area contributed by atoms with Gasteiger partial charge in [0.05, 0.1) is 19.6 Å². The summed E-state index contributed by atoms with van der Waals surface area (Å²) in [5.74, 6) is -0.282. The third kappa shape index (κ3) is 13.4. The first-order chi connectivity index (χ1) is 19.1. The Morgan fingerprint density at radius 3 is 1.92 bits per heavy atom. The molecule has 2 rings (SSSR count). The lowest BCUT2D eigenvalue weighted by Crippen LogP contribution is -2.57. The van der Waals surface area contributed by atoms with Crippen molar-refractivity contribution in [3.05, 3.63) is 29.8 Å². The van der Waals surface area contributed by atoms with Gasteiger partial charge >= 0.3 is 5.97 Å². The number of amides is 2. The van der Waals surface area contributed by atoms with Gasteiger partial charge in [-0.1, -0.05) is 97.3 Å². The quantitative estimate of drug-likeness (QED) is 0.135. The maximum atomic E-state index is 13.2. The second-order valence-corrected chi connectivity index (χ2v) is 10.7. The van der Waals surface area contributed by atoms with Crippen molar-refractivity contribution >= 4 is 17.8 Å². The van der Waals surface area contributed by atoms with Crippen molar-refractivity contribution in [3.8, 4) is 5.75 Å². The number of unbranched alkanes of at least 4 members (excludes halogenated alkanes) is 13. The van der Waals surface area contributed by atoms with Crippen LogP contribution in [0.2, 0.25) is 0 Å². The number of hydrogen-bond donors (Lipinski definition) is 1. The minimum atomic E-state index is -0.856. The maximum Gasteiger partial charge on any atom is 0.308 e. The Morgan fingerprint density at radius 1 is 0.795 bits per heavy atom. The average Bonchev–Trinajstić information content (AvgIpc) is 2.94. The number of nitrogens with zero attached hydrogens (tertiary/aromatic N) is 1. The van der Waals surface area contributed by atoms with Gasteiger partial charge in [0.25, 0.3) is 5.91 Å². The maximum absolute atomic E-state index is 13.2. The van der Waals surface area contributed by atoms with E-state index in [0.717, 1.165) is 37.9 Å². The number of carbonyl (C=O) groups is 3. The second-order valence-electron chi connectivity index (χ2n) is 10.7. The molecule has 2 amide bonds. The normalized spacial score (nSPS) is 15.2. The molecule has 0 radical (unpaired) electrons. The molecule has 1 N–H and O–H groups in total. The Bertz CT molecular complexity index is 826. The van der Waals surface area contributed by atoms with Crippen LogP contribution in [-0.2, 0) is 14.3 Å². The fraction of sp³-hybridized carbons (Fsp3) is 0.719. The van der Waals surface area contributed by atoms with Crippen molar-refractivity contribution in [1.82, 2.24) is 10.2 Å². The molecular weight excluding hydrogens is 492 g/mol. The van der Waals surface area contributed by atoms with Gasteiger partial charge in [-0.25, -0.2) is 0 Å². The van der Waals surface area contributed by atoms with Gasteiger partial charge in [-0.15, -0.1) is 0 Å². The van der Waals surface area contributed by atoms with Gasteiger partial charge in [0.15, 0.2) is 0 Å². The molecule has 0 aromatic heterocycles. The molecule has 1 aromatic rings. The van der Waals surface area contributed by atoms with Crippen LogP contribution in [0.5, 0.6) is 5.75 Å². The summed E-state index contributed by atoms with van der Waals surface area (Å²) in [6.45, 7) is 6.18. The van der Waals surface area contributed by atoms with Crippen LogP contribution in [0.1, 0.15) is 127 Å². The minimum absolute atomic E-state index is 0.130. The predicted octanol–water partition coefficient (Wildman–Crippen LogP) is 6.83. The van der Waals surface area contributed by atoms with Crippen LogP contribution in [-0.4, -0.2) is 55.0 Å². The number of hydrogen-bond acceptors (Lipinski definition) is 5. The van der Waals surface area contributed by atoms with E-state index in [1.54, 1.807) is 24.3 Å². The molecule has 1 atom stereocenters. The lowest BCUT2D eigenvalue weighted by Gasteiger charge is -2.34. The molecule has 1 unspecified atom stereocenters. The van der Waals surface area contributed by atoms with Crippen molar-refractivity contribution in [3.63, 3.8) is 0 Å². The third-order valence-corrected chi connectivity index (χ3v) is 7.33. The molecule has 0 spiro atoms. The van der Waals surface area contributed by atoms with E-state index < -0.39 is 12.0 Å². The molecule has 1 aromatic carbocycles. The summed E-state index contributed by atoms with van der Waals surface area (Å²) in [5.41, 5.74) is 0.476. The van der Waals surface area contributed by atoms with Crippen LogP contribution in [0.25, 0.3) is 0 Å². The van der Waals surface area contributed by atoms with Crippen molar-refractivity contribution in [2.45, 2.75) is 123 Å². The van der Waals surface area contributed by atoms with E-state index in [4.69, 9.17) is 9.47 Å². The van der Waals surface area contributed by atoms with Crippen LogP contribution in [0.3, 0.4) is 0 Å². The fourth-order valence-corrected chi connectivity index (χ4v) is 4.91. The van der Waals surface area contributed by atoms with Crippen LogP contribution in [0.4, 0.5) is 0 Å². The van der Waals surface area contributed by atoms with E-state index >= 15 is 0 Å². The molecule has 7 heteroatoms. The topological polar surface area (TPSA) is 84.9 Å². The van der Waals surface area contributed by atoms with Crippen LogP contribution < -0.4 is 10.1 Å². The molecule has 220 valence electrons. The molecule has 1 aliphatic rings. The smallest absolute Gasteiger partial charge is 0.308 e. The minimum Gasteiger partial charge on any atom is -0.494 e. The van der Waals surface area contributed by atoms with Gasteiger partial charge in [0, 0.05) is 18.7 Å². The summed E-state index contributed by atoms with van der Waals surface area (Å²) in [6.07, 6.45) is 17.9. The predicted molar refractivity (Wildman–Crippen MR) is 156 cm³/mol. The molecular formula is C32H52N2O5. The zero-order valence-electron chi connectivity index (χ0n) is 24.5. The molecule has 1 aliphatic heterocycles. The van der Waals surface area contributed by atoms with Crippen LogP contribution >= 0.6 is 0 Å². The number of benzene rings is 1. The van der Waals surface area contributed by atoms with Gasteiger partial charge in [-0.3, -0.25) is 14.4 Å². The standard InChI is InChI=1S/C32H52N2O5/c1-3-5-7-9-10-11-12-13-15-17-25-39-30(35)26-29-31(36)33-22-23-34(29)32(37)27-18-20-28(21-19-27)38-24-16-14-8-6-4-2/h18-21,29H,3-17,22-26H2,1-2H3,(H,33,36). The summed E-state index contributed by atoms with van der Waals surface area (Å²) in [7, 11) is 0. The Hall–Kier alpha value is -2.57. The van der Waals surface area contributed by atoms with Gasteiger partial charge < -0.3 is 19.7 Å². The Balaban J connectivity index is 1.71. The number of carbonyl (C=O) groups excluding carboxylic acids is 3. The molecule has 1 heterocycles. The largest absolute Gasteiger partial charge is 0.494 e. The molecule has 1 fully saturated rings. The van der Waals surface area contributed by atoms with Crippen molar-refractivity contribution < 1.29 is 23.9 Å². The number of nitrogens with one attached hydrogen (secondary N) is 1. The van der Waals surface area contributed by atoms with E-state index in [-0.39, 0.29) is 18.2 Å². The lowest BCUT2D eigenvalue weighted by molar-refractivity contribution is -0.147. The van der Waals surface area contributed by atoms with E-state index in [1.807, 2.05) is 0 Å². The summed E-state index contributed by atoms with van der Waals surface area (Å²) in [4.78, 5) is 39.8. The average molecular weight is 545 g/mol. The number of esters is 1. The van der Waals surface area contributed by atoms with E-state index in [1.165, 1.54) is 69.1 Å². The van der Waals surface area contributed by atoms with E-state index in [9.17, 15) is 14.4 Å². The highest BCUT2D eigenvalue weighted by molar-refractivity contribution is 5.99. The summed E-state index contributed by atoms with van der Waals surface area (Å²) >= 11 is 0. The van der Waals surface area contributed by atoms with Crippen LogP contribution in [0.15, 0.2) is 24.3 Å². The van der Waals surface area contributed by atoms with Crippen LogP contribution in [0, 0.1) is 0 Å². The van der Waals surface area contributed by atoms with Crippen molar-refractivity contribution in [2.75, 3.05) is 26.3 Å². The van der Waals surface area contributed by atoms with Crippen molar-refractivity contribution in [1.29, 1.82) is 0 Å². The number of rotatable bonds is 21. The molecule has 39 heavy (non-hydrogen) atoms. The summed E-state index contributed by atoms with van der Waals surface area (Å²) in [5, 5.41) is 2.78.